The van der Waals surface area contributed by atoms with Gasteiger partial charge in [-0.3, -0.25) is 23.9 Å². The van der Waals surface area contributed by atoms with Crippen LogP contribution in [-0.2, 0) is 9.53 Å². The zero-order valence-electron chi connectivity index (χ0n) is 18.6. The van der Waals surface area contributed by atoms with Gasteiger partial charge >= 0.3 is 11.7 Å². The Morgan fingerprint density at radius 2 is 1.90 bits per heavy atom. The van der Waals surface area contributed by atoms with E-state index in [1.54, 1.807) is 20.8 Å². The van der Waals surface area contributed by atoms with Gasteiger partial charge in [-0.25, -0.2) is 9.78 Å². The molecule has 0 atom stereocenters. The number of H-pyrrole nitrogens is 1. The molecular formula is C21H29N5O5. The van der Waals surface area contributed by atoms with Gasteiger partial charge in [0.2, 0.25) is 0 Å². The van der Waals surface area contributed by atoms with Crippen LogP contribution in [0.2, 0.25) is 0 Å². The fourth-order valence-corrected chi connectivity index (χ4v) is 3.21. The van der Waals surface area contributed by atoms with E-state index in [0.717, 1.165) is 12.8 Å². The summed E-state index contributed by atoms with van der Waals surface area (Å²) in [4.78, 5) is 59.9. The summed E-state index contributed by atoms with van der Waals surface area (Å²) in [5.41, 5.74) is -1.33. The smallest absolute Gasteiger partial charge is 0.330 e. The van der Waals surface area contributed by atoms with Crippen LogP contribution in [0.1, 0.15) is 50.0 Å². The fourth-order valence-electron chi connectivity index (χ4n) is 3.21. The second-order valence-corrected chi connectivity index (χ2v) is 9.07. The van der Waals surface area contributed by atoms with Gasteiger partial charge in [0.05, 0.1) is 10.9 Å². The maximum atomic E-state index is 13.2. The minimum atomic E-state index is -0.669. The van der Waals surface area contributed by atoms with Crippen molar-refractivity contribution < 1.29 is 14.3 Å². The molecule has 1 amide bonds. The second-order valence-electron chi connectivity index (χ2n) is 9.07. The van der Waals surface area contributed by atoms with Crippen molar-refractivity contribution in [1.82, 2.24) is 24.3 Å². The van der Waals surface area contributed by atoms with E-state index < -0.39 is 28.7 Å². The monoisotopic (exact) mass is 431 g/mol. The lowest BCUT2D eigenvalue weighted by molar-refractivity contribution is -0.155. The predicted octanol–water partition coefficient (Wildman–Crippen LogP) is 0.765. The normalized spacial score (nSPS) is 14.1. The molecule has 0 unspecified atom stereocenters. The van der Waals surface area contributed by atoms with Crippen molar-refractivity contribution in [3.63, 3.8) is 0 Å². The lowest BCUT2D eigenvalue weighted by Gasteiger charge is -2.26. The SMILES string of the molecule is CN(C)CCN(CC(=O)OC(C)(C)C)C(=O)c1cnc2c(c1)c(=O)[nH]c(=O)n2C1CC1. The van der Waals surface area contributed by atoms with Crippen LogP contribution < -0.4 is 11.2 Å². The Bertz CT molecular complexity index is 1110. The number of nitrogens with zero attached hydrogens (tertiary/aromatic N) is 4. The molecule has 2 heterocycles. The van der Waals surface area contributed by atoms with E-state index in [1.165, 1.54) is 21.7 Å². The summed E-state index contributed by atoms with van der Waals surface area (Å²) in [5.74, 6) is -0.959. The summed E-state index contributed by atoms with van der Waals surface area (Å²) in [6.07, 6.45) is 3.04. The molecule has 1 aliphatic rings. The van der Waals surface area contributed by atoms with E-state index >= 15 is 0 Å². The third kappa shape index (κ3) is 5.57. The van der Waals surface area contributed by atoms with Gasteiger partial charge in [0.1, 0.15) is 17.8 Å². The summed E-state index contributed by atoms with van der Waals surface area (Å²) >= 11 is 0. The summed E-state index contributed by atoms with van der Waals surface area (Å²) < 4.78 is 6.83. The molecule has 1 fully saturated rings. The molecule has 3 rings (SSSR count). The van der Waals surface area contributed by atoms with Crippen LogP contribution in [0.25, 0.3) is 11.0 Å². The molecule has 31 heavy (non-hydrogen) atoms. The molecule has 0 aromatic carbocycles. The molecule has 1 saturated carbocycles. The molecular weight excluding hydrogens is 402 g/mol. The number of hydrogen-bond acceptors (Lipinski definition) is 7. The number of rotatable bonds is 7. The first-order chi connectivity index (χ1) is 14.5. The van der Waals surface area contributed by atoms with E-state index in [0.29, 0.717) is 13.1 Å². The number of likely N-dealkylation sites (N-methyl/N-ethyl adjacent to an activating group) is 1. The average molecular weight is 431 g/mol. The molecule has 168 valence electrons. The first kappa shape index (κ1) is 22.7. The highest BCUT2D eigenvalue weighted by Gasteiger charge is 2.28. The number of carbonyl (C=O) groups is 2. The molecule has 0 bridgehead atoms. The standard InChI is InChI=1S/C21H29N5O5/c1-21(2,3)31-16(27)12-25(9-8-24(4)5)19(29)13-10-15-17(22-11-13)26(14-6-7-14)20(30)23-18(15)28/h10-11,14H,6-9,12H2,1-5H3,(H,23,28,30). The average Bonchev–Trinajstić information content (AvgIpc) is 3.47. The molecule has 0 aliphatic heterocycles. The first-order valence-electron chi connectivity index (χ1n) is 10.3. The number of fused-ring (bicyclic) bond motifs is 1. The molecule has 10 heteroatoms. The van der Waals surface area contributed by atoms with E-state index in [4.69, 9.17) is 4.74 Å². The zero-order chi connectivity index (χ0) is 22.9. The molecule has 2 aromatic heterocycles. The van der Waals surface area contributed by atoms with Crippen LogP contribution >= 0.6 is 0 Å². The topological polar surface area (TPSA) is 118 Å². The minimum absolute atomic E-state index is 0.0182. The Balaban J connectivity index is 1.93. The first-order valence-corrected chi connectivity index (χ1v) is 10.3. The number of aromatic amines is 1. The van der Waals surface area contributed by atoms with Gasteiger partial charge < -0.3 is 14.5 Å². The minimum Gasteiger partial charge on any atom is -0.459 e. The summed E-state index contributed by atoms with van der Waals surface area (Å²) in [5, 5.41) is 0.169. The Morgan fingerprint density at radius 3 is 2.48 bits per heavy atom. The fraction of sp³-hybridized carbons (Fsp3) is 0.571. The Labute approximate surface area is 179 Å². The third-order valence-electron chi connectivity index (χ3n) is 4.78. The summed E-state index contributed by atoms with van der Waals surface area (Å²) in [6.45, 7) is 5.89. The number of hydrogen-bond donors (Lipinski definition) is 1. The molecule has 0 saturated heterocycles. The van der Waals surface area contributed by atoms with Gasteiger partial charge in [0.15, 0.2) is 0 Å². The maximum Gasteiger partial charge on any atom is 0.330 e. The predicted molar refractivity (Wildman–Crippen MR) is 115 cm³/mol. The van der Waals surface area contributed by atoms with E-state index in [9.17, 15) is 19.2 Å². The lowest BCUT2D eigenvalue weighted by Crippen LogP contribution is -2.42. The number of esters is 1. The van der Waals surface area contributed by atoms with Crippen LogP contribution in [0.3, 0.4) is 0 Å². The van der Waals surface area contributed by atoms with Gasteiger partial charge in [-0.05, 0) is 53.8 Å². The second kappa shape index (κ2) is 8.62. The highest BCUT2D eigenvalue weighted by Crippen LogP contribution is 2.34. The van der Waals surface area contributed by atoms with Crippen molar-refractivity contribution in [2.45, 2.75) is 45.3 Å². The third-order valence-corrected chi connectivity index (χ3v) is 4.78. The van der Waals surface area contributed by atoms with Gasteiger partial charge in [-0.1, -0.05) is 0 Å². The van der Waals surface area contributed by atoms with Crippen LogP contribution in [0.4, 0.5) is 0 Å². The highest BCUT2D eigenvalue weighted by molar-refractivity contribution is 5.98. The number of ether oxygens (including phenoxy) is 1. The number of nitrogens with one attached hydrogen (secondary N) is 1. The van der Waals surface area contributed by atoms with Crippen molar-refractivity contribution in [2.24, 2.45) is 0 Å². The van der Waals surface area contributed by atoms with Crippen molar-refractivity contribution >= 4 is 22.9 Å². The number of amides is 1. The zero-order valence-corrected chi connectivity index (χ0v) is 18.6. The molecule has 1 N–H and O–H groups in total. The van der Waals surface area contributed by atoms with Gasteiger partial charge in [0.25, 0.3) is 11.5 Å². The molecule has 0 spiro atoms. The Kier molecular flexibility index (Phi) is 6.30. The quantitative estimate of drug-likeness (QED) is 0.643. The largest absolute Gasteiger partial charge is 0.459 e. The van der Waals surface area contributed by atoms with Crippen LogP contribution in [-0.4, -0.2) is 75.5 Å². The number of pyridine rings is 1. The lowest BCUT2D eigenvalue weighted by atomic mass is 10.2. The van der Waals surface area contributed by atoms with Crippen LogP contribution in [0.15, 0.2) is 21.9 Å². The van der Waals surface area contributed by atoms with Gasteiger partial charge in [0, 0.05) is 25.3 Å². The molecule has 10 nitrogen and oxygen atoms in total. The van der Waals surface area contributed by atoms with Crippen LogP contribution in [0.5, 0.6) is 0 Å². The van der Waals surface area contributed by atoms with E-state index in [1.807, 2.05) is 19.0 Å². The van der Waals surface area contributed by atoms with E-state index in [2.05, 4.69) is 9.97 Å². The Hall–Kier alpha value is -3.01. The van der Waals surface area contributed by atoms with E-state index in [-0.39, 0.29) is 29.2 Å². The molecule has 1 aliphatic carbocycles. The summed E-state index contributed by atoms with van der Waals surface area (Å²) in [7, 11) is 3.73. The number of carbonyl (C=O) groups excluding carboxylic acids is 2. The van der Waals surface area contributed by atoms with Gasteiger partial charge in [-0.2, -0.15) is 0 Å². The molecule has 0 radical (unpaired) electrons. The highest BCUT2D eigenvalue weighted by atomic mass is 16.6. The summed E-state index contributed by atoms with van der Waals surface area (Å²) in [6, 6.07) is 1.45. The number of aromatic nitrogens is 3. The van der Waals surface area contributed by atoms with Crippen molar-refractivity contribution in [2.75, 3.05) is 33.7 Å². The van der Waals surface area contributed by atoms with Crippen LogP contribution in [0, 0.1) is 0 Å². The molecule has 2 aromatic rings. The van der Waals surface area contributed by atoms with Gasteiger partial charge in [-0.15, -0.1) is 0 Å². The Morgan fingerprint density at radius 1 is 1.23 bits per heavy atom. The maximum absolute atomic E-state index is 13.2. The van der Waals surface area contributed by atoms with Crippen molar-refractivity contribution in [1.29, 1.82) is 0 Å². The van der Waals surface area contributed by atoms with Crippen molar-refractivity contribution in [3.05, 3.63) is 38.7 Å². The van der Waals surface area contributed by atoms with Crippen molar-refractivity contribution in [3.8, 4) is 0 Å².